The first-order chi connectivity index (χ1) is 12.8. The monoisotopic (exact) mass is 387 g/mol. The van der Waals surface area contributed by atoms with Crippen LogP contribution in [0.4, 0.5) is 21.5 Å². The SMILES string of the molecule is Cc1cc(NN)c2c(O)c(N=Nc3ccc(S(=O)[O-])c(F)c3)c(C)cc2c1. The van der Waals surface area contributed by atoms with Gasteiger partial charge in [0.15, 0.2) is 5.75 Å². The number of hydrogen-bond acceptors (Lipinski definition) is 7. The van der Waals surface area contributed by atoms with Crippen LogP contribution in [-0.2, 0) is 11.1 Å². The van der Waals surface area contributed by atoms with Crippen molar-refractivity contribution in [1.82, 2.24) is 0 Å². The number of hydrogen-bond donors (Lipinski definition) is 3. The van der Waals surface area contributed by atoms with E-state index in [4.69, 9.17) is 5.84 Å². The quantitative estimate of drug-likeness (QED) is 0.267. The number of fused-ring (bicyclic) bond motifs is 1. The van der Waals surface area contributed by atoms with Gasteiger partial charge in [0.1, 0.15) is 11.5 Å². The van der Waals surface area contributed by atoms with Crippen molar-refractivity contribution in [2.75, 3.05) is 5.43 Å². The summed E-state index contributed by atoms with van der Waals surface area (Å²) in [6, 6.07) is 8.90. The maximum Gasteiger partial charge on any atom is 0.153 e. The Kier molecular flexibility index (Phi) is 5.17. The molecule has 0 radical (unpaired) electrons. The minimum atomic E-state index is -2.67. The lowest BCUT2D eigenvalue weighted by Crippen LogP contribution is -2.07. The molecule has 1 unspecified atom stereocenters. The standard InChI is InChI=1S/C18H17FN4O3S/c1-9-5-11-7-10(2)17(18(24)16(11)14(6-9)21-20)23-22-12-3-4-15(27(25)26)13(19)8-12/h3-8,21,24H,20H2,1-2H3,(H,25,26)/p-1. The molecule has 3 rings (SSSR count). The summed E-state index contributed by atoms with van der Waals surface area (Å²) >= 11 is -2.67. The van der Waals surface area contributed by atoms with E-state index in [2.05, 4.69) is 15.7 Å². The van der Waals surface area contributed by atoms with Crippen molar-refractivity contribution in [3.8, 4) is 5.75 Å². The number of hydrazine groups is 1. The van der Waals surface area contributed by atoms with Crippen LogP contribution >= 0.6 is 0 Å². The van der Waals surface area contributed by atoms with Gasteiger partial charge in [-0.1, -0.05) is 6.07 Å². The summed E-state index contributed by atoms with van der Waals surface area (Å²) in [6.45, 7) is 3.67. The third-order valence-electron chi connectivity index (χ3n) is 4.04. The molecule has 7 nitrogen and oxygen atoms in total. The minimum absolute atomic E-state index is 0.112. The van der Waals surface area contributed by atoms with Gasteiger partial charge in [0.05, 0.1) is 21.7 Å². The molecule has 0 aromatic heterocycles. The number of aromatic hydroxyl groups is 1. The van der Waals surface area contributed by atoms with Crippen LogP contribution in [-0.4, -0.2) is 13.9 Å². The second kappa shape index (κ2) is 7.39. The predicted molar refractivity (Wildman–Crippen MR) is 101 cm³/mol. The van der Waals surface area contributed by atoms with Gasteiger partial charge in [0, 0.05) is 6.07 Å². The number of nitrogens with two attached hydrogens (primary N) is 1. The molecule has 0 saturated heterocycles. The Hall–Kier alpha value is -2.88. The van der Waals surface area contributed by atoms with Crippen molar-refractivity contribution >= 4 is 38.9 Å². The van der Waals surface area contributed by atoms with E-state index in [1.807, 2.05) is 19.1 Å². The van der Waals surface area contributed by atoms with Gasteiger partial charge in [0.25, 0.3) is 0 Å². The molecule has 1 atom stereocenters. The highest BCUT2D eigenvalue weighted by Gasteiger charge is 2.14. The molecule has 0 bridgehead atoms. The van der Waals surface area contributed by atoms with Crippen molar-refractivity contribution in [3.05, 3.63) is 53.3 Å². The summed E-state index contributed by atoms with van der Waals surface area (Å²) in [7, 11) is 0. The van der Waals surface area contributed by atoms with Gasteiger partial charge in [-0.05, 0) is 65.7 Å². The van der Waals surface area contributed by atoms with Crippen LogP contribution in [0, 0.1) is 19.7 Å². The molecule has 4 N–H and O–H groups in total. The van der Waals surface area contributed by atoms with Gasteiger partial charge in [-0.2, -0.15) is 5.11 Å². The highest BCUT2D eigenvalue weighted by Crippen LogP contribution is 2.42. The van der Waals surface area contributed by atoms with E-state index >= 15 is 0 Å². The summed E-state index contributed by atoms with van der Waals surface area (Å²) < 4.78 is 35.5. The first-order valence-corrected chi connectivity index (χ1v) is 8.93. The summed E-state index contributed by atoms with van der Waals surface area (Å²) in [5.41, 5.74) is 5.04. The fraction of sp³-hybridized carbons (Fsp3) is 0.111. The van der Waals surface area contributed by atoms with Crippen LogP contribution in [0.15, 0.2) is 51.5 Å². The van der Waals surface area contributed by atoms with Crippen molar-refractivity contribution in [3.63, 3.8) is 0 Å². The molecule has 0 heterocycles. The number of rotatable bonds is 4. The van der Waals surface area contributed by atoms with E-state index in [9.17, 15) is 18.3 Å². The van der Waals surface area contributed by atoms with Crippen molar-refractivity contribution < 1.29 is 18.3 Å². The number of nitrogens with zero attached hydrogens (tertiary/aromatic N) is 2. The molecule has 140 valence electrons. The van der Waals surface area contributed by atoms with Crippen LogP contribution in [0.25, 0.3) is 10.8 Å². The average molecular weight is 387 g/mol. The molecule has 0 spiro atoms. The zero-order chi connectivity index (χ0) is 19.7. The highest BCUT2D eigenvalue weighted by molar-refractivity contribution is 7.79. The average Bonchev–Trinajstić information content (AvgIpc) is 2.60. The van der Waals surface area contributed by atoms with E-state index < -0.39 is 21.8 Å². The number of phenols is 1. The summed E-state index contributed by atoms with van der Waals surface area (Å²) in [5.74, 6) is 4.52. The number of nitrogen functional groups attached to an aromatic ring is 1. The lowest BCUT2D eigenvalue weighted by atomic mass is 10.0. The fourth-order valence-corrected chi connectivity index (χ4v) is 3.23. The molecule has 3 aromatic rings. The molecule has 27 heavy (non-hydrogen) atoms. The first-order valence-electron chi connectivity index (χ1n) is 7.86. The Morgan fingerprint density at radius 3 is 2.56 bits per heavy atom. The minimum Gasteiger partial charge on any atom is -0.768 e. The Bertz CT molecular complexity index is 1100. The topological polar surface area (TPSA) is 123 Å². The second-order valence-electron chi connectivity index (χ2n) is 6.00. The maximum absolute atomic E-state index is 13.8. The largest absolute Gasteiger partial charge is 0.768 e. The van der Waals surface area contributed by atoms with E-state index in [0.29, 0.717) is 16.6 Å². The Balaban J connectivity index is 2.09. The summed E-state index contributed by atoms with van der Waals surface area (Å²) in [4.78, 5) is -0.451. The molecule has 9 heteroatoms. The first kappa shape index (κ1) is 18.9. The van der Waals surface area contributed by atoms with Gasteiger partial charge in [-0.3, -0.25) is 10.1 Å². The van der Waals surface area contributed by atoms with E-state index in [1.54, 1.807) is 13.0 Å². The maximum atomic E-state index is 13.8. The molecular formula is C18H16FN4O3S-. The fourth-order valence-electron chi connectivity index (χ4n) is 2.83. The summed E-state index contributed by atoms with van der Waals surface area (Å²) in [6.07, 6.45) is 0. The third-order valence-corrected chi connectivity index (χ3v) is 4.73. The molecule has 0 aliphatic carbocycles. The second-order valence-corrected chi connectivity index (χ2v) is 6.90. The van der Waals surface area contributed by atoms with Gasteiger partial charge in [0.2, 0.25) is 0 Å². The number of benzene rings is 3. The zero-order valence-corrected chi connectivity index (χ0v) is 15.3. The molecule has 0 aliphatic heterocycles. The molecule has 0 aliphatic rings. The molecule has 0 fully saturated rings. The smallest absolute Gasteiger partial charge is 0.153 e. The number of anilines is 1. The third kappa shape index (κ3) is 3.65. The highest BCUT2D eigenvalue weighted by atomic mass is 32.2. The number of halogens is 1. The molecular weight excluding hydrogens is 371 g/mol. The Morgan fingerprint density at radius 2 is 1.93 bits per heavy atom. The zero-order valence-electron chi connectivity index (χ0n) is 14.5. The van der Waals surface area contributed by atoms with E-state index in [1.165, 1.54) is 6.07 Å². The van der Waals surface area contributed by atoms with Crippen molar-refractivity contribution in [1.29, 1.82) is 0 Å². The normalized spacial score (nSPS) is 12.6. The number of phenolic OH excluding ortho intramolecular Hbond substituents is 1. The van der Waals surface area contributed by atoms with E-state index in [0.717, 1.165) is 23.1 Å². The van der Waals surface area contributed by atoms with Gasteiger partial charge >= 0.3 is 0 Å². The molecule has 0 amide bonds. The van der Waals surface area contributed by atoms with Crippen LogP contribution in [0.2, 0.25) is 0 Å². The van der Waals surface area contributed by atoms with Crippen molar-refractivity contribution in [2.24, 2.45) is 16.1 Å². The van der Waals surface area contributed by atoms with Crippen LogP contribution in [0.3, 0.4) is 0 Å². The lowest BCUT2D eigenvalue weighted by molar-refractivity contribution is 0.482. The van der Waals surface area contributed by atoms with Crippen LogP contribution in [0.1, 0.15) is 11.1 Å². The molecule has 0 saturated carbocycles. The van der Waals surface area contributed by atoms with Crippen LogP contribution in [0.5, 0.6) is 5.75 Å². The van der Waals surface area contributed by atoms with Crippen LogP contribution < -0.4 is 11.3 Å². The van der Waals surface area contributed by atoms with Gasteiger partial charge in [-0.25, -0.2) is 4.39 Å². The Morgan fingerprint density at radius 1 is 1.19 bits per heavy atom. The Labute approximate surface area is 157 Å². The summed E-state index contributed by atoms with van der Waals surface area (Å²) in [5, 5.41) is 19.9. The number of aryl methyl sites for hydroxylation is 2. The molecule has 3 aromatic carbocycles. The predicted octanol–water partition coefficient (Wildman–Crippen LogP) is 4.24. The van der Waals surface area contributed by atoms with Crippen molar-refractivity contribution in [2.45, 2.75) is 18.7 Å². The number of azo groups is 1. The van der Waals surface area contributed by atoms with Gasteiger partial charge < -0.3 is 15.1 Å². The van der Waals surface area contributed by atoms with Gasteiger partial charge in [-0.15, -0.1) is 5.11 Å². The lowest BCUT2D eigenvalue weighted by Gasteiger charge is -2.12. The number of nitrogens with one attached hydrogen (secondary N) is 1. The van der Waals surface area contributed by atoms with E-state index in [-0.39, 0.29) is 17.1 Å².